The van der Waals surface area contributed by atoms with Crippen LogP contribution < -0.4 is 0 Å². The summed E-state index contributed by atoms with van der Waals surface area (Å²) in [5, 5.41) is 12.1. The van der Waals surface area contributed by atoms with Gasteiger partial charge in [0.15, 0.2) is 0 Å². The van der Waals surface area contributed by atoms with Crippen molar-refractivity contribution in [3.8, 4) is 0 Å². The molecule has 0 bridgehead atoms. The van der Waals surface area contributed by atoms with Crippen molar-refractivity contribution in [2.75, 3.05) is 32.8 Å². The molecule has 0 amide bonds. The molecule has 146 valence electrons. The Morgan fingerprint density at radius 1 is 1.07 bits per heavy atom. The van der Waals surface area contributed by atoms with E-state index in [2.05, 4.69) is 39.0 Å². The zero-order valence-electron chi connectivity index (χ0n) is 16.4. The van der Waals surface area contributed by atoms with E-state index >= 15 is 0 Å². The summed E-state index contributed by atoms with van der Waals surface area (Å²) in [5.74, 6) is 0.872. The Morgan fingerprint density at radius 2 is 1.96 bits per heavy atom. The number of piperazine rings is 1. The fraction of sp³-hybridized carbons (Fsp3) is 0.609. The lowest BCUT2D eigenvalue weighted by Crippen LogP contribution is -2.54. The van der Waals surface area contributed by atoms with E-state index in [4.69, 9.17) is 0 Å². The van der Waals surface area contributed by atoms with Crippen molar-refractivity contribution in [1.29, 1.82) is 0 Å². The van der Waals surface area contributed by atoms with Crippen LogP contribution >= 0.6 is 0 Å². The monoisotopic (exact) mass is 367 g/mol. The molecule has 1 saturated carbocycles. The van der Waals surface area contributed by atoms with Gasteiger partial charge in [0, 0.05) is 63.2 Å². The highest BCUT2D eigenvalue weighted by atomic mass is 16.3. The van der Waals surface area contributed by atoms with Crippen LogP contribution in [0, 0.1) is 5.92 Å². The number of pyridine rings is 1. The molecule has 1 aromatic carbocycles. The number of nitrogens with zero attached hydrogens (tertiary/aromatic N) is 3. The molecule has 0 spiro atoms. The molecule has 4 nitrogen and oxygen atoms in total. The van der Waals surface area contributed by atoms with E-state index in [0.29, 0.717) is 12.6 Å². The third-order valence-corrected chi connectivity index (χ3v) is 6.53. The van der Waals surface area contributed by atoms with E-state index in [1.165, 1.54) is 55.0 Å². The maximum absolute atomic E-state index is 9.61. The van der Waals surface area contributed by atoms with Crippen LogP contribution in [0.1, 0.15) is 44.1 Å². The predicted molar refractivity (Wildman–Crippen MR) is 111 cm³/mol. The molecule has 2 aliphatic rings. The molecule has 2 fully saturated rings. The summed E-state index contributed by atoms with van der Waals surface area (Å²) in [5.41, 5.74) is 1.39. The average molecular weight is 368 g/mol. The van der Waals surface area contributed by atoms with Crippen molar-refractivity contribution in [2.24, 2.45) is 5.92 Å². The van der Waals surface area contributed by atoms with Gasteiger partial charge < -0.3 is 5.11 Å². The minimum atomic E-state index is 0.291. The molecule has 1 aliphatic carbocycles. The Bertz CT molecular complexity index is 723. The van der Waals surface area contributed by atoms with Crippen molar-refractivity contribution in [2.45, 2.75) is 51.1 Å². The van der Waals surface area contributed by atoms with Gasteiger partial charge in [0.25, 0.3) is 0 Å². The fourth-order valence-electron chi connectivity index (χ4n) is 5.03. The summed E-state index contributed by atoms with van der Waals surface area (Å²) >= 11 is 0. The van der Waals surface area contributed by atoms with Crippen LogP contribution in [0.2, 0.25) is 0 Å². The Labute approximate surface area is 163 Å². The summed E-state index contributed by atoms with van der Waals surface area (Å²) < 4.78 is 0. The van der Waals surface area contributed by atoms with Crippen LogP contribution in [-0.4, -0.2) is 58.7 Å². The maximum atomic E-state index is 9.61. The normalized spacial score (nSPS) is 23.1. The summed E-state index contributed by atoms with van der Waals surface area (Å²) in [6.07, 6.45) is 11.8. The fourth-order valence-corrected chi connectivity index (χ4v) is 5.03. The molecular weight excluding hydrogens is 334 g/mol. The van der Waals surface area contributed by atoms with Gasteiger partial charge in [0.05, 0.1) is 0 Å². The lowest BCUT2D eigenvalue weighted by Gasteiger charge is -2.43. The van der Waals surface area contributed by atoms with Crippen LogP contribution in [0.25, 0.3) is 10.8 Å². The molecule has 1 aliphatic heterocycles. The zero-order chi connectivity index (χ0) is 18.5. The van der Waals surface area contributed by atoms with Gasteiger partial charge in [0.2, 0.25) is 0 Å². The van der Waals surface area contributed by atoms with Crippen LogP contribution in [0.4, 0.5) is 0 Å². The molecule has 27 heavy (non-hydrogen) atoms. The molecule has 0 radical (unpaired) electrons. The molecule has 4 heteroatoms. The average Bonchev–Trinajstić information content (AvgIpc) is 2.71. The summed E-state index contributed by atoms with van der Waals surface area (Å²) in [7, 11) is 0. The van der Waals surface area contributed by atoms with Crippen molar-refractivity contribution in [1.82, 2.24) is 14.8 Å². The number of hydrogen-bond acceptors (Lipinski definition) is 4. The topological polar surface area (TPSA) is 39.6 Å². The number of rotatable bonds is 6. The second-order valence-corrected chi connectivity index (χ2v) is 8.41. The third kappa shape index (κ3) is 4.68. The molecular formula is C23H33N3O. The van der Waals surface area contributed by atoms with Gasteiger partial charge in [-0.15, -0.1) is 0 Å². The quantitative estimate of drug-likeness (QED) is 0.845. The van der Waals surface area contributed by atoms with Gasteiger partial charge in [-0.05, 0) is 42.2 Å². The molecule has 1 saturated heterocycles. The van der Waals surface area contributed by atoms with E-state index < -0.39 is 0 Å². The Kier molecular flexibility index (Phi) is 6.38. The van der Waals surface area contributed by atoms with E-state index in [-0.39, 0.29) is 0 Å². The van der Waals surface area contributed by atoms with Gasteiger partial charge in [-0.2, -0.15) is 0 Å². The van der Waals surface area contributed by atoms with Crippen molar-refractivity contribution < 1.29 is 5.11 Å². The van der Waals surface area contributed by atoms with E-state index in [9.17, 15) is 5.11 Å². The minimum Gasteiger partial charge on any atom is -0.396 e. The Morgan fingerprint density at radius 3 is 2.81 bits per heavy atom. The second kappa shape index (κ2) is 9.13. The Hall–Kier alpha value is -1.49. The summed E-state index contributed by atoms with van der Waals surface area (Å²) in [6.45, 7) is 5.83. The number of benzene rings is 1. The van der Waals surface area contributed by atoms with E-state index in [1.54, 1.807) is 0 Å². The number of hydrogen-bond donors (Lipinski definition) is 1. The lowest BCUT2D eigenvalue weighted by molar-refractivity contribution is 0.0402. The van der Waals surface area contributed by atoms with Gasteiger partial charge in [-0.3, -0.25) is 14.8 Å². The molecule has 2 heterocycles. The molecule has 1 N–H and O–H groups in total. The van der Waals surface area contributed by atoms with E-state index in [1.807, 2.05) is 12.4 Å². The summed E-state index contributed by atoms with van der Waals surface area (Å²) in [4.78, 5) is 9.51. The first kappa shape index (κ1) is 18.9. The first-order chi connectivity index (χ1) is 13.3. The second-order valence-electron chi connectivity index (χ2n) is 8.41. The highest BCUT2D eigenvalue weighted by molar-refractivity contribution is 5.84. The third-order valence-electron chi connectivity index (χ3n) is 6.53. The largest absolute Gasteiger partial charge is 0.396 e. The predicted octanol–water partition coefficient (Wildman–Crippen LogP) is 3.68. The first-order valence-corrected chi connectivity index (χ1v) is 10.7. The maximum Gasteiger partial charge on any atom is 0.0446 e. The summed E-state index contributed by atoms with van der Waals surface area (Å²) in [6, 6.07) is 9.15. The SMILES string of the molecule is OCCC1CN(Cc2cccc3cnccc23)CCN1CC1CCCCC1. The van der Waals surface area contributed by atoms with E-state index in [0.717, 1.165) is 38.5 Å². The standard InChI is InChI=1S/C23H33N3O/c27-14-10-22-18-25(12-13-26(22)16-19-5-2-1-3-6-19)17-21-8-4-7-20-15-24-11-9-23(20)21/h4,7-9,11,15,19,22,27H,1-3,5-6,10,12-14,16-18H2. The number of aromatic nitrogens is 1. The van der Waals surface area contributed by atoms with Crippen LogP contribution in [0.15, 0.2) is 36.7 Å². The minimum absolute atomic E-state index is 0.291. The molecule has 4 rings (SSSR count). The van der Waals surface area contributed by atoms with Gasteiger partial charge in [-0.1, -0.05) is 37.5 Å². The van der Waals surface area contributed by atoms with Gasteiger partial charge in [-0.25, -0.2) is 0 Å². The highest BCUT2D eigenvalue weighted by Gasteiger charge is 2.29. The molecule has 1 unspecified atom stereocenters. The number of fused-ring (bicyclic) bond motifs is 1. The van der Waals surface area contributed by atoms with Gasteiger partial charge in [0.1, 0.15) is 0 Å². The first-order valence-electron chi connectivity index (χ1n) is 10.7. The smallest absolute Gasteiger partial charge is 0.0446 e. The van der Waals surface area contributed by atoms with Gasteiger partial charge >= 0.3 is 0 Å². The number of aliphatic hydroxyl groups excluding tert-OH is 1. The number of aliphatic hydroxyl groups is 1. The van der Waals surface area contributed by atoms with Crippen LogP contribution in [0.3, 0.4) is 0 Å². The Balaban J connectivity index is 1.41. The van der Waals surface area contributed by atoms with Crippen molar-refractivity contribution in [3.63, 3.8) is 0 Å². The molecule has 2 aromatic rings. The lowest BCUT2D eigenvalue weighted by atomic mass is 9.88. The van der Waals surface area contributed by atoms with Crippen LogP contribution in [0.5, 0.6) is 0 Å². The zero-order valence-corrected chi connectivity index (χ0v) is 16.4. The highest BCUT2D eigenvalue weighted by Crippen LogP contribution is 2.27. The van der Waals surface area contributed by atoms with Crippen molar-refractivity contribution >= 4 is 10.8 Å². The molecule has 1 atom stereocenters. The van der Waals surface area contributed by atoms with Crippen molar-refractivity contribution in [3.05, 3.63) is 42.2 Å². The molecule has 1 aromatic heterocycles. The van der Waals surface area contributed by atoms with Crippen LogP contribution in [-0.2, 0) is 6.54 Å².